The average Bonchev–Trinajstić information content (AvgIpc) is 3.22. The van der Waals surface area contributed by atoms with E-state index in [9.17, 15) is 9.59 Å². The summed E-state index contributed by atoms with van der Waals surface area (Å²) in [7, 11) is 1.36. The number of alkyl halides is 2. The van der Waals surface area contributed by atoms with Crippen molar-refractivity contribution in [2.24, 2.45) is 0 Å². The quantitative estimate of drug-likeness (QED) is 0.0699. The van der Waals surface area contributed by atoms with Gasteiger partial charge >= 0.3 is 12.1 Å². The minimum absolute atomic E-state index is 0.0275. The number of alkyl carbamates (subject to hydrolysis) is 1. The molecule has 1 amide bonds. The van der Waals surface area contributed by atoms with Gasteiger partial charge in [-0.25, -0.2) is 18.4 Å². The predicted molar refractivity (Wildman–Crippen MR) is 201 cm³/mol. The number of carbonyl (C=O) groups excluding carboxylic acids is 2. The third kappa shape index (κ3) is 12.9. The van der Waals surface area contributed by atoms with Gasteiger partial charge in [-0.05, 0) is 29.2 Å². The third-order valence-electron chi connectivity index (χ3n) is 8.94. The summed E-state index contributed by atoms with van der Waals surface area (Å²) in [5.74, 6) is -4.92. The van der Waals surface area contributed by atoms with Crippen molar-refractivity contribution in [3.05, 3.63) is 144 Å². The molecule has 6 atom stereocenters. The van der Waals surface area contributed by atoms with E-state index in [-0.39, 0.29) is 39.6 Å². The smallest absolute Gasteiger partial charge is 0.408 e. The van der Waals surface area contributed by atoms with Gasteiger partial charge in [-0.3, -0.25) is 0 Å². The molecule has 0 radical (unpaired) electrons. The average molecular weight is 778 g/mol. The number of halogens is 2. The van der Waals surface area contributed by atoms with E-state index in [0.717, 1.165) is 16.7 Å². The lowest BCUT2D eigenvalue weighted by atomic mass is 9.88. The number of esters is 1. The lowest BCUT2D eigenvalue weighted by Crippen LogP contribution is -2.66. The Hall–Kier alpha value is -4.76. The number of ether oxygens (including phenoxy) is 8. The number of rotatable bonds is 21. The van der Waals surface area contributed by atoms with Crippen molar-refractivity contribution in [2.45, 2.75) is 82.3 Å². The summed E-state index contributed by atoms with van der Waals surface area (Å²) < 4.78 is 80.9. The van der Waals surface area contributed by atoms with Crippen molar-refractivity contribution in [3.63, 3.8) is 0 Å². The molecule has 0 saturated carbocycles. The molecule has 0 aliphatic carbocycles. The zero-order chi connectivity index (χ0) is 39.6. The summed E-state index contributed by atoms with van der Waals surface area (Å²) in [6, 6.07) is 35.0. The zero-order valence-corrected chi connectivity index (χ0v) is 31.5. The first-order chi connectivity index (χ1) is 27.3. The Labute approximate surface area is 326 Å². The molecule has 4 aromatic rings. The standard InChI is InChI=1S/C43H49F2NO10/c1-3-51-41(47)35(46-42(48)54-28-34-22-14-7-15-23-34)24-43(44,45)40-39(55-30-49-2)38(53-27-33-20-12-6-13-21-33)37(52-26-32-18-10-5-11-19-32)36(56-40)29-50-25-31-16-8-4-9-17-31/h4-23,35-40H,3,24-30H2,1-2H3,(H,46,48)/t35?,36-,37+,38+,39-,40+/m1/s1. The SMILES string of the molecule is CCOC(=O)C(CC(F)(F)[C@H]1O[C@H](COCc2ccccc2)[C@H](OCc2ccccc2)[C@H](OCc2ccccc2)[C@H]1OCOC)NC(=O)OCc1ccccc1. The van der Waals surface area contributed by atoms with E-state index >= 15 is 8.78 Å². The highest BCUT2D eigenvalue weighted by Crippen LogP contribution is 2.39. The summed E-state index contributed by atoms with van der Waals surface area (Å²) in [5.41, 5.74) is 3.16. The molecule has 0 spiro atoms. The third-order valence-corrected chi connectivity index (χ3v) is 8.94. The van der Waals surface area contributed by atoms with E-state index in [0.29, 0.717) is 5.56 Å². The fourth-order valence-electron chi connectivity index (χ4n) is 6.24. The van der Waals surface area contributed by atoms with Gasteiger partial charge in [0.1, 0.15) is 43.9 Å². The van der Waals surface area contributed by atoms with Gasteiger partial charge in [-0.15, -0.1) is 0 Å². The molecule has 4 aromatic carbocycles. The molecule has 1 fully saturated rings. The van der Waals surface area contributed by atoms with Crippen molar-refractivity contribution < 1.29 is 56.3 Å². The maximum atomic E-state index is 17.0. The van der Waals surface area contributed by atoms with Gasteiger partial charge in [-0.1, -0.05) is 121 Å². The Morgan fingerprint density at radius 2 is 1.18 bits per heavy atom. The van der Waals surface area contributed by atoms with E-state index in [1.165, 1.54) is 14.0 Å². The number of methoxy groups -OCH3 is 1. The minimum Gasteiger partial charge on any atom is -0.464 e. The van der Waals surface area contributed by atoms with Crippen LogP contribution in [0.15, 0.2) is 121 Å². The predicted octanol–water partition coefficient (Wildman–Crippen LogP) is 7.01. The van der Waals surface area contributed by atoms with E-state index < -0.39 is 67.8 Å². The monoisotopic (exact) mass is 777 g/mol. The molecule has 1 saturated heterocycles. The van der Waals surface area contributed by atoms with Crippen molar-refractivity contribution in [1.82, 2.24) is 5.32 Å². The summed E-state index contributed by atoms with van der Waals surface area (Å²) in [6.45, 7) is 1.03. The molecule has 56 heavy (non-hydrogen) atoms. The summed E-state index contributed by atoms with van der Waals surface area (Å²) >= 11 is 0. The van der Waals surface area contributed by atoms with Crippen LogP contribution in [0, 0.1) is 0 Å². The van der Waals surface area contributed by atoms with E-state index in [1.807, 2.05) is 91.0 Å². The number of carbonyl (C=O) groups is 2. The Balaban J connectivity index is 1.45. The topological polar surface area (TPSA) is 120 Å². The zero-order valence-electron chi connectivity index (χ0n) is 31.5. The Kier molecular flexibility index (Phi) is 16.7. The second kappa shape index (κ2) is 22.1. The molecule has 1 N–H and O–H groups in total. The number of nitrogens with one attached hydrogen (secondary N) is 1. The largest absolute Gasteiger partial charge is 0.464 e. The van der Waals surface area contributed by atoms with E-state index in [2.05, 4.69) is 5.32 Å². The highest BCUT2D eigenvalue weighted by atomic mass is 19.3. The molecule has 1 aliphatic heterocycles. The van der Waals surface area contributed by atoms with Gasteiger partial charge in [-0.2, -0.15) is 0 Å². The molecule has 0 bridgehead atoms. The molecule has 1 aliphatic rings. The molecular formula is C43H49F2NO10. The van der Waals surface area contributed by atoms with Crippen LogP contribution in [0.1, 0.15) is 35.6 Å². The first kappa shape index (κ1) is 42.4. The summed E-state index contributed by atoms with van der Waals surface area (Å²) in [5, 5.41) is 2.28. The molecule has 5 rings (SSSR count). The first-order valence-electron chi connectivity index (χ1n) is 18.5. The van der Waals surface area contributed by atoms with E-state index in [1.54, 1.807) is 30.3 Å². The van der Waals surface area contributed by atoms with Crippen LogP contribution in [-0.4, -0.2) is 81.7 Å². The number of hydrogen-bond donors (Lipinski definition) is 1. The fraction of sp³-hybridized carbons (Fsp3) is 0.395. The molecule has 1 unspecified atom stereocenters. The van der Waals surface area contributed by atoms with Gasteiger partial charge in [0, 0.05) is 13.5 Å². The summed E-state index contributed by atoms with van der Waals surface area (Å²) in [4.78, 5) is 26.0. The molecule has 13 heteroatoms. The van der Waals surface area contributed by atoms with Crippen LogP contribution in [0.25, 0.3) is 0 Å². The molecule has 300 valence electrons. The molecule has 1 heterocycles. The number of amides is 1. The first-order valence-corrected chi connectivity index (χ1v) is 18.5. The second-order valence-corrected chi connectivity index (χ2v) is 13.1. The maximum absolute atomic E-state index is 17.0. The molecule has 0 aromatic heterocycles. The van der Waals surface area contributed by atoms with Crippen LogP contribution in [0.3, 0.4) is 0 Å². The van der Waals surface area contributed by atoms with Crippen molar-refractivity contribution in [1.29, 1.82) is 0 Å². The maximum Gasteiger partial charge on any atom is 0.408 e. The van der Waals surface area contributed by atoms with Crippen LogP contribution in [0.4, 0.5) is 13.6 Å². The number of hydrogen-bond acceptors (Lipinski definition) is 10. The Morgan fingerprint density at radius 1 is 0.679 bits per heavy atom. The van der Waals surface area contributed by atoms with Crippen molar-refractivity contribution in [3.8, 4) is 0 Å². The van der Waals surface area contributed by atoms with Gasteiger partial charge in [0.05, 0.1) is 33.0 Å². The Bertz CT molecular complexity index is 1720. The van der Waals surface area contributed by atoms with Crippen LogP contribution in [0.2, 0.25) is 0 Å². The van der Waals surface area contributed by atoms with Gasteiger partial charge < -0.3 is 43.2 Å². The highest BCUT2D eigenvalue weighted by Gasteiger charge is 2.58. The van der Waals surface area contributed by atoms with Gasteiger partial charge in [0.2, 0.25) is 0 Å². The lowest BCUT2D eigenvalue weighted by molar-refractivity contribution is -0.317. The lowest BCUT2D eigenvalue weighted by Gasteiger charge is -2.48. The Morgan fingerprint density at radius 3 is 1.70 bits per heavy atom. The normalized spacial score (nSPS) is 20.2. The second-order valence-electron chi connectivity index (χ2n) is 13.1. The highest BCUT2D eigenvalue weighted by molar-refractivity contribution is 5.81. The van der Waals surface area contributed by atoms with Crippen molar-refractivity contribution in [2.75, 3.05) is 27.1 Å². The van der Waals surface area contributed by atoms with E-state index in [4.69, 9.17) is 37.9 Å². The fourth-order valence-corrected chi connectivity index (χ4v) is 6.24. The minimum atomic E-state index is -3.85. The van der Waals surface area contributed by atoms with Crippen LogP contribution in [-0.2, 0) is 69.1 Å². The number of benzene rings is 4. The van der Waals surface area contributed by atoms with Gasteiger partial charge in [0.25, 0.3) is 5.92 Å². The van der Waals surface area contributed by atoms with Gasteiger partial charge in [0.15, 0.2) is 6.10 Å². The van der Waals surface area contributed by atoms with Crippen LogP contribution >= 0.6 is 0 Å². The van der Waals surface area contributed by atoms with Crippen LogP contribution in [0.5, 0.6) is 0 Å². The summed E-state index contributed by atoms with van der Waals surface area (Å²) in [6.07, 6.45) is -9.07. The molecular weight excluding hydrogens is 728 g/mol. The van der Waals surface area contributed by atoms with Crippen LogP contribution < -0.4 is 5.32 Å². The molecule has 11 nitrogen and oxygen atoms in total. The van der Waals surface area contributed by atoms with Crippen molar-refractivity contribution >= 4 is 12.1 Å².